The molecule has 33 heavy (non-hydrogen) atoms. The summed E-state index contributed by atoms with van der Waals surface area (Å²) in [5.41, 5.74) is 7.35. The van der Waals surface area contributed by atoms with Crippen LogP contribution in [0.15, 0.2) is 42.5 Å². The molecule has 4 N–H and O–H groups in total. The minimum Gasteiger partial charge on any atom is -0.366 e. The number of piperazine rings is 1. The van der Waals surface area contributed by atoms with Gasteiger partial charge in [0.1, 0.15) is 0 Å². The maximum absolute atomic E-state index is 12.6. The molecule has 0 saturated carbocycles. The molecule has 3 rings (SSSR count). The lowest BCUT2D eigenvalue weighted by molar-refractivity contribution is 0.1000. The number of halogens is 2. The van der Waals surface area contributed by atoms with Gasteiger partial charge in [-0.1, -0.05) is 49.2 Å². The summed E-state index contributed by atoms with van der Waals surface area (Å²) in [6.45, 7) is 9.53. The summed E-state index contributed by atoms with van der Waals surface area (Å²) in [4.78, 5) is 28.7. The van der Waals surface area contributed by atoms with Gasteiger partial charge in [-0.25, -0.2) is 4.79 Å². The van der Waals surface area contributed by atoms with Crippen LogP contribution in [0.3, 0.4) is 0 Å². The van der Waals surface area contributed by atoms with E-state index in [4.69, 9.17) is 28.9 Å². The van der Waals surface area contributed by atoms with Gasteiger partial charge >= 0.3 is 6.03 Å². The highest BCUT2D eigenvalue weighted by molar-refractivity contribution is 6.42. The Morgan fingerprint density at radius 2 is 1.70 bits per heavy atom. The molecule has 0 radical (unpaired) electrons. The molecule has 3 amide bonds. The molecule has 2 aromatic rings. The number of primary amides is 1. The third-order valence-electron chi connectivity index (χ3n) is 5.84. The van der Waals surface area contributed by atoms with E-state index in [9.17, 15) is 9.59 Å². The van der Waals surface area contributed by atoms with Crippen LogP contribution in [0.5, 0.6) is 0 Å². The SMILES string of the molecule is CC(C)[C@H](CN1CCN(Cc2ccc(Cl)c(Cl)c2)CC1)NC(=O)Nc1cccc(C(N)=O)c1. The van der Waals surface area contributed by atoms with Gasteiger partial charge in [0.2, 0.25) is 5.91 Å². The first-order valence-corrected chi connectivity index (χ1v) is 11.8. The molecule has 1 atom stereocenters. The minimum atomic E-state index is -0.530. The number of nitrogens with zero attached hydrogens (tertiary/aromatic N) is 2. The average Bonchev–Trinajstić information content (AvgIpc) is 2.77. The molecule has 1 aliphatic rings. The second-order valence-corrected chi connectivity index (χ2v) is 9.53. The topological polar surface area (TPSA) is 90.7 Å². The van der Waals surface area contributed by atoms with Gasteiger partial charge in [-0.05, 0) is 41.8 Å². The summed E-state index contributed by atoms with van der Waals surface area (Å²) < 4.78 is 0. The highest BCUT2D eigenvalue weighted by atomic mass is 35.5. The second-order valence-electron chi connectivity index (χ2n) is 8.72. The van der Waals surface area contributed by atoms with E-state index in [1.165, 1.54) is 0 Å². The molecule has 178 valence electrons. The molecule has 0 unspecified atom stereocenters. The van der Waals surface area contributed by atoms with Crippen molar-refractivity contribution in [1.82, 2.24) is 15.1 Å². The summed E-state index contributed by atoms with van der Waals surface area (Å²) in [7, 11) is 0. The first-order chi connectivity index (χ1) is 15.7. The highest BCUT2D eigenvalue weighted by Crippen LogP contribution is 2.23. The smallest absolute Gasteiger partial charge is 0.319 e. The monoisotopic (exact) mass is 491 g/mol. The van der Waals surface area contributed by atoms with Crippen LogP contribution >= 0.6 is 23.2 Å². The van der Waals surface area contributed by atoms with E-state index in [1.807, 2.05) is 18.2 Å². The second kappa shape index (κ2) is 11.7. The molecule has 1 fully saturated rings. The zero-order valence-corrected chi connectivity index (χ0v) is 20.5. The van der Waals surface area contributed by atoms with Crippen LogP contribution in [-0.4, -0.2) is 60.5 Å². The van der Waals surface area contributed by atoms with Crippen molar-refractivity contribution in [1.29, 1.82) is 0 Å². The Bertz CT molecular complexity index is 977. The molecule has 0 bridgehead atoms. The maximum Gasteiger partial charge on any atom is 0.319 e. The highest BCUT2D eigenvalue weighted by Gasteiger charge is 2.23. The fourth-order valence-corrected chi connectivity index (χ4v) is 4.13. The lowest BCUT2D eigenvalue weighted by Gasteiger charge is -2.37. The van der Waals surface area contributed by atoms with Crippen LogP contribution in [0.2, 0.25) is 10.0 Å². The van der Waals surface area contributed by atoms with Gasteiger partial charge in [-0.2, -0.15) is 0 Å². The van der Waals surface area contributed by atoms with Crippen molar-refractivity contribution < 1.29 is 9.59 Å². The van der Waals surface area contributed by atoms with Gasteiger partial charge in [-0.15, -0.1) is 0 Å². The Morgan fingerprint density at radius 1 is 1.00 bits per heavy atom. The lowest BCUT2D eigenvalue weighted by atomic mass is 10.0. The zero-order chi connectivity index (χ0) is 24.0. The first-order valence-electron chi connectivity index (χ1n) is 11.1. The Kier molecular flexibility index (Phi) is 8.97. The number of benzene rings is 2. The van der Waals surface area contributed by atoms with Crippen molar-refractivity contribution >= 4 is 40.8 Å². The van der Waals surface area contributed by atoms with Crippen molar-refractivity contribution in [3.63, 3.8) is 0 Å². The molecule has 9 heteroatoms. The van der Waals surface area contributed by atoms with E-state index in [-0.39, 0.29) is 18.0 Å². The van der Waals surface area contributed by atoms with Crippen molar-refractivity contribution in [2.75, 3.05) is 38.0 Å². The zero-order valence-electron chi connectivity index (χ0n) is 19.0. The molecule has 7 nitrogen and oxygen atoms in total. The van der Waals surface area contributed by atoms with Crippen molar-refractivity contribution in [3.8, 4) is 0 Å². The molecule has 1 aliphatic heterocycles. The number of amides is 3. The van der Waals surface area contributed by atoms with E-state index in [2.05, 4.69) is 34.3 Å². The van der Waals surface area contributed by atoms with Gasteiger partial charge in [0.25, 0.3) is 0 Å². The average molecular weight is 492 g/mol. The maximum atomic E-state index is 12.6. The number of carbonyl (C=O) groups excluding carboxylic acids is 2. The van der Waals surface area contributed by atoms with Crippen LogP contribution in [0, 0.1) is 5.92 Å². The van der Waals surface area contributed by atoms with Crippen molar-refractivity contribution in [2.45, 2.75) is 26.4 Å². The first kappa shape index (κ1) is 25.3. The number of rotatable bonds is 8. The number of nitrogens with one attached hydrogen (secondary N) is 2. The Morgan fingerprint density at radius 3 is 2.33 bits per heavy atom. The Labute approximate surface area is 205 Å². The number of urea groups is 1. The molecule has 0 aliphatic carbocycles. The third kappa shape index (κ3) is 7.61. The minimum absolute atomic E-state index is 0.00838. The van der Waals surface area contributed by atoms with E-state index < -0.39 is 5.91 Å². The predicted molar refractivity (Wildman–Crippen MR) is 134 cm³/mol. The fraction of sp³-hybridized carbons (Fsp3) is 0.417. The lowest BCUT2D eigenvalue weighted by Crippen LogP contribution is -2.53. The van der Waals surface area contributed by atoms with Crippen molar-refractivity contribution in [2.24, 2.45) is 11.7 Å². The quantitative estimate of drug-likeness (QED) is 0.519. The summed E-state index contributed by atoms with van der Waals surface area (Å²) in [5.74, 6) is -0.264. The Hall–Kier alpha value is -2.32. The molecule has 1 saturated heterocycles. The number of hydrogen-bond donors (Lipinski definition) is 3. The van der Waals surface area contributed by atoms with Gasteiger partial charge in [0.15, 0.2) is 0 Å². The standard InChI is InChI=1S/C24H31Cl2N5O2/c1-16(2)22(29-24(33)28-19-5-3-4-18(13-19)23(27)32)15-31-10-8-30(9-11-31)14-17-6-7-20(25)21(26)12-17/h3-7,12-13,16,22H,8-11,14-15H2,1-2H3,(H2,27,32)(H2,28,29,33)/t22-/m0/s1. The third-order valence-corrected chi connectivity index (χ3v) is 6.58. The van der Waals surface area contributed by atoms with E-state index >= 15 is 0 Å². The molecular weight excluding hydrogens is 461 g/mol. The molecule has 0 spiro atoms. The van der Waals surface area contributed by atoms with E-state index in [0.29, 0.717) is 21.3 Å². The summed E-state index contributed by atoms with van der Waals surface area (Å²) in [5, 5.41) is 7.03. The number of hydrogen-bond acceptors (Lipinski definition) is 4. The summed E-state index contributed by atoms with van der Waals surface area (Å²) in [6, 6.07) is 12.1. The molecular formula is C24H31Cl2N5O2. The van der Waals surface area contributed by atoms with Gasteiger partial charge in [0.05, 0.1) is 10.0 Å². The molecule has 2 aromatic carbocycles. The van der Waals surface area contributed by atoms with Gasteiger partial charge in [-0.3, -0.25) is 14.6 Å². The van der Waals surface area contributed by atoms with Gasteiger partial charge in [0, 0.05) is 56.6 Å². The number of carbonyl (C=O) groups is 2. The van der Waals surface area contributed by atoms with Crippen LogP contribution in [0.25, 0.3) is 0 Å². The van der Waals surface area contributed by atoms with Crippen molar-refractivity contribution in [3.05, 3.63) is 63.6 Å². The summed E-state index contributed by atoms with van der Waals surface area (Å²) >= 11 is 12.1. The molecule has 0 aromatic heterocycles. The van der Waals surface area contributed by atoms with Crippen LogP contribution in [0.1, 0.15) is 29.8 Å². The summed E-state index contributed by atoms with van der Waals surface area (Å²) in [6.07, 6.45) is 0. The van der Waals surface area contributed by atoms with E-state index in [0.717, 1.165) is 44.8 Å². The van der Waals surface area contributed by atoms with Crippen LogP contribution < -0.4 is 16.4 Å². The number of nitrogens with two attached hydrogens (primary N) is 1. The Balaban J connectivity index is 1.49. The normalized spacial score (nSPS) is 15.9. The van der Waals surface area contributed by atoms with Crippen LogP contribution in [0.4, 0.5) is 10.5 Å². The largest absolute Gasteiger partial charge is 0.366 e. The van der Waals surface area contributed by atoms with E-state index in [1.54, 1.807) is 24.3 Å². The number of anilines is 1. The van der Waals surface area contributed by atoms with Crippen LogP contribution in [-0.2, 0) is 6.54 Å². The fourth-order valence-electron chi connectivity index (χ4n) is 3.81. The predicted octanol–water partition coefficient (Wildman–Crippen LogP) is 4.06. The van der Waals surface area contributed by atoms with Gasteiger partial charge < -0.3 is 16.4 Å². The molecule has 1 heterocycles.